The van der Waals surface area contributed by atoms with Crippen LogP contribution in [0, 0.1) is 0 Å². The molecule has 8 heteroatoms. The van der Waals surface area contributed by atoms with Crippen molar-refractivity contribution in [2.75, 3.05) is 27.4 Å². The summed E-state index contributed by atoms with van der Waals surface area (Å²) in [7, 11) is 3.22. The molecule has 1 N–H and O–H groups in total. The van der Waals surface area contributed by atoms with Crippen molar-refractivity contribution in [2.24, 2.45) is 0 Å². The summed E-state index contributed by atoms with van der Waals surface area (Å²) in [5.74, 6) is 1.32. The second-order valence-electron chi connectivity index (χ2n) is 5.45. The SMILES string of the molecule is C=CCn1c(S[C@@H](C)C(=O)NCCOC)nnc1-c1ccccc1OC. The van der Waals surface area contributed by atoms with Crippen LogP contribution in [0.15, 0.2) is 42.1 Å². The summed E-state index contributed by atoms with van der Waals surface area (Å²) in [5.41, 5.74) is 0.841. The summed E-state index contributed by atoms with van der Waals surface area (Å²) < 4.78 is 12.3. The first kappa shape index (κ1) is 20.0. The van der Waals surface area contributed by atoms with Crippen molar-refractivity contribution in [3.63, 3.8) is 0 Å². The molecule has 0 radical (unpaired) electrons. The number of thioether (sulfide) groups is 1. The van der Waals surface area contributed by atoms with E-state index in [9.17, 15) is 4.79 Å². The van der Waals surface area contributed by atoms with E-state index in [1.54, 1.807) is 20.3 Å². The van der Waals surface area contributed by atoms with Crippen LogP contribution < -0.4 is 10.1 Å². The first-order chi connectivity index (χ1) is 12.6. The van der Waals surface area contributed by atoms with E-state index < -0.39 is 0 Å². The number of carbonyl (C=O) groups excluding carboxylic acids is 1. The van der Waals surface area contributed by atoms with Gasteiger partial charge in [0.05, 0.1) is 24.5 Å². The van der Waals surface area contributed by atoms with Crippen molar-refractivity contribution in [3.05, 3.63) is 36.9 Å². The Morgan fingerprint density at radius 3 is 2.85 bits per heavy atom. The van der Waals surface area contributed by atoms with E-state index in [-0.39, 0.29) is 11.2 Å². The number of benzene rings is 1. The Kier molecular flexibility index (Phi) is 7.68. The van der Waals surface area contributed by atoms with E-state index in [2.05, 4.69) is 22.1 Å². The molecule has 0 spiro atoms. The van der Waals surface area contributed by atoms with E-state index in [1.807, 2.05) is 35.8 Å². The number of hydrogen-bond acceptors (Lipinski definition) is 6. The smallest absolute Gasteiger partial charge is 0.233 e. The maximum atomic E-state index is 12.2. The van der Waals surface area contributed by atoms with Gasteiger partial charge in [-0.1, -0.05) is 30.0 Å². The number of aromatic nitrogens is 3. The highest BCUT2D eigenvalue weighted by molar-refractivity contribution is 8.00. The van der Waals surface area contributed by atoms with Gasteiger partial charge in [-0.15, -0.1) is 16.8 Å². The number of hydrogen-bond donors (Lipinski definition) is 1. The van der Waals surface area contributed by atoms with Crippen LogP contribution in [0.25, 0.3) is 11.4 Å². The number of amides is 1. The van der Waals surface area contributed by atoms with Gasteiger partial charge in [0, 0.05) is 20.2 Å². The van der Waals surface area contributed by atoms with Gasteiger partial charge < -0.3 is 14.8 Å². The Labute approximate surface area is 157 Å². The van der Waals surface area contributed by atoms with E-state index in [1.165, 1.54) is 11.8 Å². The van der Waals surface area contributed by atoms with Crippen molar-refractivity contribution in [1.29, 1.82) is 0 Å². The van der Waals surface area contributed by atoms with Gasteiger partial charge in [-0.2, -0.15) is 0 Å². The molecule has 0 aliphatic heterocycles. The Bertz CT molecular complexity index is 748. The molecule has 1 aromatic carbocycles. The van der Waals surface area contributed by atoms with Gasteiger partial charge in [0.25, 0.3) is 0 Å². The molecule has 0 unspecified atom stereocenters. The van der Waals surface area contributed by atoms with Crippen molar-refractivity contribution < 1.29 is 14.3 Å². The van der Waals surface area contributed by atoms with E-state index in [0.29, 0.717) is 36.4 Å². The third-order valence-electron chi connectivity index (χ3n) is 3.63. The van der Waals surface area contributed by atoms with Crippen LogP contribution in [0.5, 0.6) is 5.75 Å². The molecule has 0 aliphatic rings. The normalized spacial score (nSPS) is 11.8. The minimum Gasteiger partial charge on any atom is -0.496 e. The largest absolute Gasteiger partial charge is 0.496 e. The van der Waals surface area contributed by atoms with Crippen LogP contribution in [0.1, 0.15) is 6.92 Å². The highest BCUT2D eigenvalue weighted by atomic mass is 32.2. The number of ether oxygens (including phenoxy) is 2. The predicted octanol–water partition coefficient (Wildman–Crippen LogP) is 2.38. The molecule has 0 fully saturated rings. The van der Waals surface area contributed by atoms with Crippen molar-refractivity contribution in [1.82, 2.24) is 20.1 Å². The maximum Gasteiger partial charge on any atom is 0.233 e. The Morgan fingerprint density at radius 1 is 1.38 bits per heavy atom. The quantitative estimate of drug-likeness (QED) is 0.390. The molecule has 1 amide bonds. The van der Waals surface area contributed by atoms with Gasteiger partial charge in [-0.3, -0.25) is 9.36 Å². The van der Waals surface area contributed by atoms with Gasteiger partial charge >= 0.3 is 0 Å². The summed E-state index contributed by atoms with van der Waals surface area (Å²) in [5, 5.41) is 11.8. The van der Waals surface area contributed by atoms with Crippen LogP contribution >= 0.6 is 11.8 Å². The zero-order chi connectivity index (χ0) is 18.9. The van der Waals surface area contributed by atoms with E-state index in [4.69, 9.17) is 9.47 Å². The minimum atomic E-state index is -0.315. The zero-order valence-corrected chi connectivity index (χ0v) is 16.1. The average molecular weight is 376 g/mol. The standard InChI is InChI=1S/C18H24N4O3S/c1-5-11-22-16(14-8-6-7-9-15(14)25-4)20-21-18(22)26-13(2)17(23)19-10-12-24-3/h5-9,13H,1,10-12H2,2-4H3,(H,19,23)/t13-/m0/s1. The lowest BCUT2D eigenvalue weighted by atomic mass is 10.2. The molecular weight excluding hydrogens is 352 g/mol. The summed E-state index contributed by atoms with van der Waals surface area (Å²) in [6.45, 7) is 7.13. The second kappa shape index (κ2) is 9.98. The number of methoxy groups -OCH3 is 2. The molecule has 0 aliphatic carbocycles. The third-order valence-corrected chi connectivity index (χ3v) is 4.71. The second-order valence-corrected chi connectivity index (χ2v) is 6.76. The highest BCUT2D eigenvalue weighted by Gasteiger charge is 2.21. The van der Waals surface area contributed by atoms with Crippen molar-refractivity contribution >= 4 is 17.7 Å². The molecule has 2 aromatic rings. The predicted molar refractivity (Wildman–Crippen MR) is 102 cm³/mol. The van der Waals surface area contributed by atoms with Crippen LogP contribution in [0.4, 0.5) is 0 Å². The summed E-state index contributed by atoms with van der Waals surface area (Å²) in [6.07, 6.45) is 1.77. The number of rotatable bonds is 10. The first-order valence-corrected chi connectivity index (χ1v) is 9.11. The van der Waals surface area contributed by atoms with Gasteiger partial charge in [0.2, 0.25) is 5.91 Å². The molecule has 0 saturated carbocycles. The topological polar surface area (TPSA) is 78.3 Å². The highest BCUT2D eigenvalue weighted by Crippen LogP contribution is 2.32. The van der Waals surface area contributed by atoms with Gasteiger partial charge in [-0.25, -0.2) is 0 Å². The maximum absolute atomic E-state index is 12.2. The number of nitrogens with one attached hydrogen (secondary N) is 1. The Balaban J connectivity index is 2.23. The van der Waals surface area contributed by atoms with Gasteiger partial charge in [0.1, 0.15) is 5.75 Å². The van der Waals surface area contributed by atoms with Crippen LogP contribution in [0.3, 0.4) is 0 Å². The first-order valence-electron chi connectivity index (χ1n) is 8.23. The van der Waals surface area contributed by atoms with Gasteiger partial charge in [-0.05, 0) is 19.1 Å². The lowest BCUT2D eigenvalue weighted by Crippen LogP contribution is -2.33. The van der Waals surface area contributed by atoms with E-state index >= 15 is 0 Å². The Hall–Kier alpha value is -2.32. The molecule has 0 saturated heterocycles. The number of allylic oxidation sites excluding steroid dienone is 1. The Morgan fingerprint density at radius 2 is 2.15 bits per heavy atom. The lowest BCUT2D eigenvalue weighted by molar-refractivity contribution is -0.120. The molecule has 7 nitrogen and oxygen atoms in total. The monoisotopic (exact) mass is 376 g/mol. The molecule has 1 aromatic heterocycles. The zero-order valence-electron chi connectivity index (χ0n) is 15.3. The molecule has 1 heterocycles. The molecule has 2 rings (SSSR count). The number of nitrogens with zero attached hydrogens (tertiary/aromatic N) is 3. The van der Waals surface area contributed by atoms with Crippen LogP contribution in [0.2, 0.25) is 0 Å². The third kappa shape index (κ3) is 4.86. The lowest BCUT2D eigenvalue weighted by Gasteiger charge is -2.13. The summed E-state index contributed by atoms with van der Waals surface area (Å²) in [4.78, 5) is 12.2. The molecule has 140 valence electrons. The summed E-state index contributed by atoms with van der Waals surface area (Å²) >= 11 is 1.35. The van der Waals surface area contributed by atoms with Crippen molar-refractivity contribution in [2.45, 2.75) is 23.9 Å². The molecule has 1 atom stereocenters. The average Bonchev–Trinajstić information content (AvgIpc) is 3.04. The molecular formula is C18H24N4O3S. The van der Waals surface area contributed by atoms with Crippen LogP contribution in [-0.4, -0.2) is 53.3 Å². The fraction of sp³-hybridized carbons (Fsp3) is 0.389. The molecule has 0 bridgehead atoms. The summed E-state index contributed by atoms with van der Waals surface area (Å²) in [6, 6.07) is 7.63. The fourth-order valence-corrected chi connectivity index (χ4v) is 3.21. The fourth-order valence-electron chi connectivity index (χ4n) is 2.33. The minimum absolute atomic E-state index is 0.0703. The van der Waals surface area contributed by atoms with Gasteiger partial charge in [0.15, 0.2) is 11.0 Å². The number of para-hydroxylation sites is 1. The van der Waals surface area contributed by atoms with E-state index in [0.717, 1.165) is 5.56 Å². The molecule has 26 heavy (non-hydrogen) atoms. The van der Waals surface area contributed by atoms with Crippen LogP contribution in [-0.2, 0) is 16.1 Å². The number of carbonyl (C=O) groups is 1. The van der Waals surface area contributed by atoms with Crippen molar-refractivity contribution in [3.8, 4) is 17.1 Å².